The Labute approximate surface area is 154 Å². The van der Waals surface area contributed by atoms with Crippen LogP contribution in [-0.4, -0.2) is 39.3 Å². The quantitative estimate of drug-likeness (QED) is 0.727. The molecule has 1 amide bonds. The molecular weight excluding hydrogens is 383 g/mol. The van der Waals surface area contributed by atoms with E-state index in [1.54, 1.807) is 18.2 Å². The number of nitrogens with one attached hydrogen (secondary N) is 1. The molecule has 4 rings (SSSR count). The fourth-order valence-corrected chi connectivity index (χ4v) is 2.36. The first-order chi connectivity index (χ1) is 13.4. The number of aromatic nitrogens is 4. The van der Waals surface area contributed by atoms with Crippen molar-refractivity contribution in [2.24, 2.45) is 0 Å². The molecule has 12 heteroatoms. The number of benzene rings is 2. The van der Waals surface area contributed by atoms with Crippen LogP contribution in [0.4, 0.5) is 18.9 Å². The Morgan fingerprint density at radius 1 is 1.11 bits per heavy atom. The van der Waals surface area contributed by atoms with Crippen LogP contribution in [-0.2, 0) is 0 Å². The number of carbonyl (C=O) groups excluding carboxylic acids is 1. The summed E-state index contributed by atoms with van der Waals surface area (Å²) in [5, 5.41) is 13.9. The highest BCUT2D eigenvalue weighted by Crippen LogP contribution is 2.34. The zero-order valence-electron chi connectivity index (χ0n) is 13.8. The van der Waals surface area contributed by atoms with Gasteiger partial charge >= 0.3 is 6.36 Å². The van der Waals surface area contributed by atoms with E-state index in [9.17, 15) is 18.0 Å². The third kappa shape index (κ3) is 3.79. The van der Waals surface area contributed by atoms with Crippen LogP contribution in [0.5, 0.6) is 17.2 Å². The summed E-state index contributed by atoms with van der Waals surface area (Å²) in [5.74, 6) is -0.178. The Hall–Kier alpha value is -3.83. The smallest absolute Gasteiger partial charge is 0.454 e. The summed E-state index contributed by atoms with van der Waals surface area (Å²) in [5.41, 5.74) is 0.739. The molecule has 2 aromatic carbocycles. The van der Waals surface area contributed by atoms with Gasteiger partial charge in [0.25, 0.3) is 11.7 Å². The van der Waals surface area contributed by atoms with Crippen molar-refractivity contribution in [3.8, 4) is 22.9 Å². The van der Waals surface area contributed by atoms with Crippen LogP contribution in [0.25, 0.3) is 5.69 Å². The van der Waals surface area contributed by atoms with Gasteiger partial charge in [0.2, 0.25) is 6.79 Å². The zero-order chi connectivity index (χ0) is 19.7. The van der Waals surface area contributed by atoms with Crippen molar-refractivity contribution in [2.45, 2.75) is 6.36 Å². The van der Waals surface area contributed by atoms with Crippen molar-refractivity contribution in [2.75, 3.05) is 12.1 Å². The monoisotopic (exact) mass is 393 g/mol. The normalized spacial score (nSPS) is 12.7. The van der Waals surface area contributed by atoms with Gasteiger partial charge in [-0.05, 0) is 41.6 Å². The summed E-state index contributed by atoms with van der Waals surface area (Å²) in [6.45, 7) is 0.107. The van der Waals surface area contributed by atoms with Gasteiger partial charge in [-0.15, -0.1) is 28.2 Å². The summed E-state index contributed by atoms with van der Waals surface area (Å²) in [6, 6.07) is 9.63. The molecule has 0 fully saturated rings. The highest BCUT2D eigenvalue weighted by molar-refractivity contribution is 6.01. The van der Waals surface area contributed by atoms with Gasteiger partial charge in [-0.3, -0.25) is 4.79 Å². The molecule has 1 aliphatic rings. The lowest BCUT2D eigenvalue weighted by atomic mass is 10.3. The van der Waals surface area contributed by atoms with Crippen molar-refractivity contribution in [3.63, 3.8) is 0 Å². The molecule has 0 unspecified atom stereocenters. The van der Waals surface area contributed by atoms with E-state index in [2.05, 4.69) is 25.5 Å². The number of anilines is 1. The maximum Gasteiger partial charge on any atom is 0.573 e. The highest BCUT2D eigenvalue weighted by Gasteiger charge is 2.31. The van der Waals surface area contributed by atoms with E-state index in [0.29, 0.717) is 22.9 Å². The molecule has 0 saturated heterocycles. The van der Waals surface area contributed by atoms with Gasteiger partial charge in [-0.1, -0.05) is 0 Å². The summed E-state index contributed by atoms with van der Waals surface area (Å²) in [6.07, 6.45) is -4.78. The van der Waals surface area contributed by atoms with Crippen LogP contribution in [0.1, 0.15) is 10.6 Å². The second kappa shape index (κ2) is 6.72. The molecule has 0 saturated carbocycles. The average Bonchev–Trinajstić information content (AvgIpc) is 3.30. The molecule has 0 bridgehead atoms. The lowest BCUT2D eigenvalue weighted by Crippen LogP contribution is -2.17. The zero-order valence-corrected chi connectivity index (χ0v) is 13.8. The molecular formula is C16H10F3N5O4. The van der Waals surface area contributed by atoms with E-state index < -0.39 is 18.0 Å². The molecule has 3 aromatic rings. The van der Waals surface area contributed by atoms with E-state index >= 15 is 0 Å². The fourth-order valence-electron chi connectivity index (χ4n) is 2.36. The summed E-state index contributed by atoms with van der Waals surface area (Å²) in [7, 11) is 0. The fraction of sp³-hybridized carbons (Fsp3) is 0.125. The Kier molecular flexibility index (Phi) is 4.22. The number of alkyl halides is 3. The summed E-state index contributed by atoms with van der Waals surface area (Å²) < 4.78 is 50.8. The second-order valence-corrected chi connectivity index (χ2v) is 5.47. The van der Waals surface area contributed by atoms with Gasteiger partial charge in [0.15, 0.2) is 11.5 Å². The van der Waals surface area contributed by atoms with Crippen LogP contribution in [0.15, 0.2) is 42.5 Å². The predicted octanol–water partition coefficient (Wildman–Crippen LogP) is 2.54. The van der Waals surface area contributed by atoms with E-state index in [-0.39, 0.29) is 12.6 Å². The van der Waals surface area contributed by atoms with Crippen molar-refractivity contribution >= 4 is 11.6 Å². The van der Waals surface area contributed by atoms with Crippen molar-refractivity contribution in [1.29, 1.82) is 0 Å². The Balaban J connectivity index is 1.45. The molecule has 1 aliphatic heterocycles. The second-order valence-electron chi connectivity index (χ2n) is 5.47. The van der Waals surface area contributed by atoms with Crippen LogP contribution in [0.2, 0.25) is 0 Å². The maximum absolute atomic E-state index is 12.3. The number of nitrogens with zero attached hydrogens (tertiary/aromatic N) is 4. The molecule has 0 atom stereocenters. The Morgan fingerprint density at radius 3 is 2.61 bits per heavy atom. The lowest BCUT2D eigenvalue weighted by molar-refractivity contribution is -0.274. The summed E-state index contributed by atoms with van der Waals surface area (Å²) in [4.78, 5) is 13.3. The first kappa shape index (κ1) is 17.6. The number of amides is 1. The van der Waals surface area contributed by atoms with Crippen molar-refractivity contribution in [1.82, 2.24) is 20.2 Å². The lowest BCUT2D eigenvalue weighted by Gasteiger charge is -2.08. The maximum atomic E-state index is 12.3. The van der Waals surface area contributed by atoms with E-state index in [0.717, 1.165) is 16.9 Å². The number of carbonyl (C=O) groups is 1. The van der Waals surface area contributed by atoms with Crippen LogP contribution in [0, 0.1) is 0 Å². The third-order valence-electron chi connectivity index (χ3n) is 3.55. The minimum Gasteiger partial charge on any atom is -0.454 e. The molecule has 0 radical (unpaired) electrons. The number of rotatable bonds is 4. The Bertz CT molecular complexity index is 1020. The summed E-state index contributed by atoms with van der Waals surface area (Å²) >= 11 is 0. The van der Waals surface area contributed by atoms with Gasteiger partial charge in [0.05, 0.1) is 5.69 Å². The average molecular weight is 393 g/mol. The predicted molar refractivity (Wildman–Crippen MR) is 86.4 cm³/mol. The first-order valence-corrected chi connectivity index (χ1v) is 7.75. The molecule has 144 valence electrons. The van der Waals surface area contributed by atoms with Crippen LogP contribution in [0.3, 0.4) is 0 Å². The highest BCUT2D eigenvalue weighted by atomic mass is 19.4. The number of halogens is 3. The van der Waals surface area contributed by atoms with Gasteiger partial charge in [0, 0.05) is 11.8 Å². The molecule has 9 nitrogen and oxygen atoms in total. The van der Waals surface area contributed by atoms with Gasteiger partial charge in [-0.25, -0.2) is 0 Å². The minimum atomic E-state index is -4.78. The molecule has 1 N–H and O–H groups in total. The number of tetrazole rings is 1. The molecule has 1 aromatic heterocycles. The van der Waals surface area contributed by atoms with Crippen LogP contribution >= 0.6 is 0 Å². The first-order valence-electron chi connectivity index (χ1n) is 7.75. The molecule has 0 spiro atoms. The van der Waals surface area contributed by atoms with Gasteiger partial charge in [0.1, 0.15) is 5.75 Å². The van der Waals surface area contributed by atoms with E-state index in [1.165, 1.54) is 12.1 Å². The minimum absolute atomic E-state index is 0.107. The number of hydrogen-bond donors (Lipinski definition) is 1. The van der Waals surface area contributed by atoms with E-state index in [1.807, 2.05) is 0 Å². The van der Waals surface area contributed by atoms with Gasteiger partial charge in [-0.2, -0.15) is 0 Å². The topological polar surface area (TPSA) is 100 Å². The van der Waals surface area contributed by atoms with Crippen molar-refractivity contribution < 1.29 is 32.2 Å². The molecule has 2 heterocycles. The number of ether oxygens (including phenoxy) is 3. The third-order valence-corrected chi connectivity index (χ3v) is 3.55. The molecule has 28 heavy (non-hydrogen) atoms. The number of hydrogen-bond acceptors (Lipinski definition) is 7. The molecule has 0 aliphatic carbocycles. The van der Waals surface area contributed by atoms with Crippen molar-refractivity contribution in [3.05, 3.63) is 48.3 Å². The van der Waals surface area contributed by atoms with Crippen LogP contribution < -0.4 is 19.5 Å². The van der Waals surface area contributed by atoms with Gasteiger partial charge < -0.3 is 19.5 Å². The number of fused-ring (bicyclic) bond motifs is 1. The van der Waals surface area contributed by atoms with E-state index in [4.69, 9.17) is 9.47 Å². The Morgan fingerprint density at radius 2 is 1.86 bits per heavy atom. The largest absolute Gasteiger partial charge is 0.573 e. The SMILES string of the molecule is O=C(Nc1ccc2c(c1)OCO2)c1nnn(-c2ccc(OC(F)(F)F)cc2)n1. The standard InChI is InChI=1S/C16H10F3N5O4/c17-16(18,19)28-11-4-2-10(3-5-11)24-22-14(21-23-24)15(25)20-9-1-6-12-13(7-9)27-8-26-12/h1-7H,8H2,(H,20,25).